The number of ether oxygens (including phenoxy) is 2. The van der Waals surface area contributed by atoms with Crippen LogP contribution in [0.5, 0.6) is 0 Å². The molecule has 0 radical (unpaired) electrons. The van der Waals surface area contributed by atoms with Crippen LogP contribution in [0, 0.1) is 11.8 Å². The Morgan fingerprint density at radius 2 is 2.08 bits per heavy atom. The minimum absolute atomic E-state index is 0.0550. The normalized spacial score (nSPS) is 26.1. The van der Waals surface area contributed by atoms with Gasteiger partial charge in [-0.25, -0.2) is 9.69 Å². The summed E-state index contributed by atoms with van der Waals surface area (Å²) in [5.41, 5.74) is 0. The molecule has 138 valence electrons. The van der Waals surface area contributed by atoms with Crippen molar-refractivity contribution in [2.24, 2.45) is 11.8 Å². The van der Waals surface area contributed by atoms with Crippen molar-refractivity contribution in [2.45, 2.75) is 45.8 Å². The molecule has 1 saturated heterocycles. The summed E-state index contributed by atoms with van der Waals surface area (Å²) >= 11 is 0. The van der Waals surface area contributed by atoms with E-state index in [0.29, 0.717) is 18.6 Å². The van der Waals surface area contributed by atoms with Crippen LogP contribution in [0.15, 0.2) is 24.0 Å². The molecule has 2 amide bonds. The molecule has 1 N–H and O–H groups in total. The summed E-state index contributed by atoms with van der Waals surface area (Å²) in [5, 5.41) is 8.83. The summed E-state index contributed by atoms with van der Waals surface area (Å²) in [7, 11) is 0. The maximum atomic E-state index is 12.8. The van der Waals surface area contributed by atoms with Crippen LogP contribution < -0.4 is 0 Å². The third-order valence-electron chi connectivity index (χ3n) is 4.42. The number of unbranched alkanes of at least 4 members (excludes halogenated alkanes) is 1. The van der Waals surface area contributed by atoms with Gasteiger partial charge in [0, 0.05) is 6.61 Å². The van der Waals surface area contributed by atoms with Gasteiger partial charge in [-0.1, -0.05) is 13.8 Å². The standard InChI is InChI=1S/C18H25NO6/c1-11(2)14-10-24-18(23)19(14)17(22)12(3)16-15(21)8-7-13(25-16)6-4-5-9-20/h6-8,11-12,14,16,20H,4-5,9-10H2,1-3H3/t12-,14+,16-/m0/s1. The van der Waals surface area contributed by atoms with Crippen LogP contribution in [0.25, 0.3) is 0 Å². The molecule has 0 saturated carbocycles. The van der Waals surface area contributed by atoms with E-state index in [1.165, 1.54) is 6.08 Å². The van der Waals surface area contributed by atoms with Gasteiger partial charge in [-0.05, 0) is 43.9 Å². The second-order valence-electron chi connectivity index (χ2n) is 6.63. The fourth-order valence-corrected chi connectivity index (χ4v) is 2.83. The Morgan fingerprint density at radius 3 is 2.72 bits per heavy atom. The third kappa shape index (κ3) is 4.28. The van der Waals surface area contributed by atoms with Crippen LogP contribution in [-0.2, 0) is 19.1 Å². The largest absolute Gasteiger partial charge is 0.482 e. The molecule has 0 aliphatic carbocycles. The summed E-state index contributed by atoms with van der Waals surface area (Å²) < 4.78 is 10.7. The van der Waals surface area contributed by atoms with Crippen LogP contribution in [0.4, 0.5) is 4.79 Å². The molecule has 2 aliphatic rings. The Balaban J connectivity index is 2.12. The average Bonchev–Trinajstić information content (AvgIpc) is 2.97. The lowest BCUT2D eigenvalue weighted by molar-refractivity contribution is -0.143. The fraction of sp³-hybridized carbons (Fsp3) is 0.611. The highest BCUT2D eigenvalue weighted by Crippen LogP contribution is 2.26. The Morgan fingerprint density at radius 1 is 1.36 bits per heavy atom. The molecule has 7 nitrogen and oxygen atoms in total. The summed E-state index contributed by atoms with van der Waals surface area (Å²) in [6.07, 6.45) is 4.24. The molecule has 0 aromatic heterocycles. The van der Waals surface area contributed by atoms with Crippen LogP contribution >= 0.6 is 0 Å². The lowest BCUT2D eigenvalue weighted by Gasteiger charge is -2.30. The van der Waals surface area contributed by atoms with Crippen LogP contribution in [0.1, 0.15) is 33.6 Å². The van der Waals surface area contributed by atoms with E-state index in [4.69, 9.17) is 14.6 Å². The Bertz CT molecular complexity index is 594. The van der Waals surface area contributed by atoms with Gasteiger partial charge in [0.1, 0.15) is 12.4 Å². The SMILES string of the molecule is CC(C)[C@H]1COC(=O)N1C(=O)[C@@H](C)[C@@H]1OC(=CCCCO)C=CC1=O. The molecular formula is C18H25NO6. The number of rotatable bonds is 6. The van der Waals surface area contributed by atoms with E-state index >= 15 is 0 Å². The van der Waals surface area contributed by atoms with Crippen molar-refractivity contribution >= 4 is 17.8 Å². The lowest BCUT2D eigenvalue weighted by atomic mass is 9.95. The van der Waals surface area contributed by atoms with Gasteiger partial charge in [0.25, 0.3) is 0 Å². The molecule has 7 heteroatoms. The predicted octanol–water partition coefficient (Wildman–Crippen LogP) is 1.81. The highest BCUT2D eigenvalue weighted by Gasteiger charge is 2.44. The predicted molar refractivity (Wildman–Crippen MR) is 89.4 cm³/mol. The number of aliphatic hydroxyl groups is 1. The van der Waals surface area contributed by atoms with Gasteiger partial charge in [-0.3, -0.25) is 9.59 Å². The van der Waals surface area contributed by atoms with E-state index in [1.54, 1.807) is 19.1 Å². The molecule has 25 heavy (non-hydrogen) atoms. The Labute approximate surface area is 147 Å². The van der Waals surface area contributed by atoms with Crippen molar-refractivity contribution in [1.82, 2.24) is 4.90 Å². The van der Waals surface area contributed by atoms with Crippen LogP contribution in [0.3, 0.4) is 0 Å². The van der Waals surface area contributed by atoms with E-state index < -0.39 is 24.0 Å². The number of cyclic esters (lactones) is 1. The molecular weight excluding hydrogens is 326 g/mol. The van der Waals surface area contributed by atoms with Gasteiger partial charge in [0.2, 0.25) is 5.91 Å². The van der Waals surface area contributed by atoms with Crippen molar-refractivity contribution < 1.29 is 29.0 Å². The first-order valence-corrected chi connectivity index (χ1v) is 8.56. The number of carbonyl (C=O) groups excluding carboxylic acids is 3. The monoisotopic (exact) mass is 351 g/mol. The smallest absolute Gasteiger partial charge is 0.416 e. The number of hydrogen-bond donors (Lipinski definition) is 1. The molecule has 2 rings (SSSR count). The second kappa shape index (κ2) is 8.29. The summed E-state index contributed by atoms with van der Waals surface area (Å²) in [5.74, 6) is -1.05. The molecule has 2 heterocycles. The Kier molecular flexibility index (Phi) is 6.36. The Hall–Kier alpha value is -2.15. The van der Waals surface area contributed by atoms with Gasteiger partial charge >= 0.3 is 6.09 Å². The van der Waals surface area contributed by atoms with Gasteiger partial charge in [-0.2, -0.15) is 0 Å². The van der Waals surface area contributed by atoms with E-state index in [9.17, 15) is 14.4 Å². The van der Waals surface area contributed by atoms with Crippen LogP contribution in [0.2, 0.25) is 0 Å². The van der Waals surface area contributed by atoms with Crippen molar-refractivity contribution in [3.05, 3.63) is 24.0 Å². The van der Waals surface area contributed by atoms with E-state index in [2.05, 4.69) is 0 Å². The number of imide groups is 1. The molecule has 3 atom stereocenters. The zero-order valence-corrected chi connectivity index (χ0v) is 14.8. The van der Waals surface area contributed by atoms with E-state index in [1.807, 2.05) is 13.8 Å². The third-order valence-corrected chi connectivity index (χ3v) is 4.42. The van der Waals surface area contributed by atoms with Gasteiger partial charge in [0.05, 0.1) is 12.0 Å². The van der Waals surface area contributed by atoms with Crippen molar-refractivity contribution in [3.63, 3.8) is 0 Å². The zero-order valence-electron chi connectivity index (χ0n) is 14.8. The minimum atomic E-state index is -0.973. The number of amides is 2. The molecule has 1 fully saturated rings. The zero-order chi connectivity index (χ0) is 18.6. The number of ketones is 1. The lowest BCUT2D eigenvalue weighted by Crippen LogP contribution is -2.48. The fourth-order valence-electron chi connectivity index (χ4n) is 2.83. The highest BCUT2D eigenvalue weighted by atomic mass is 16.6. The number of allylic oxidation sites excluding steroid dienone is 2. The van der Waals surface area contributed by atoms with Crippen molar-refractivity contribution in [2.75, 3.05) is 13.2 Å². The first kappa shape index (κ1) is 19.2. The van der Waals surface area contributed by atoms with Crippen molar-refractivity contribution in [1.29, 1.82) is 0 Å². The maximum Gasteiger partial charge on any atom is 0.416 e. The first-order valence-electron chi connectivity index (χ1n) is 8.56. The van der Waals surface area contributed by atoms with Crippen molar-refractivity contribution in [3.8, 4) is 0 Å². The van der Waals surface area contributed by atoms with Gasteiger partial charge in [-0.15, -0.1) is 0 Å². The molecule has 0 aromatic rings. The molecule has 2 aliphatic heterocycles. The van der Waals surface area contributed by atoms with E-state index in [0.717, 1.165) is 4.90 Å². The molecule has 0 aromatic carbocycles. The summed E-state index contributed by atoms with van der Waals surface area (Å²) in [6, 6.07) is -0.337. The maximum absolute atomic E-state index is 12.8. The molecule has 0 unspecified atom stereocenters. The van der Waals surface area contributed by atoms with E-state index in [-0.39, 0.29) is 31.0 Å². The number of hydrogen-bond acceptors (Lipinski definition) is 6. The number of nitrogens with zero attached hydrogens (tertiary/aromatic N) is 1. The van der Waals surface area contributed by atoms with Crippen LogP contribution in [-0.4, -0.2) is 53.1 Å². The van der Waals surface area contributed by atoms with Gasteiger partial charge in [0.15, 0.2) is 11.9 Å². The minimum Gasteiger partial charge on any atom is -0.482 e. The quantitative estimate of drug-likeness (QED) is 0.734. The number of aliphatic hydroxyl groups excluding tert-OH is 1. The number of carbonyl (C=O) groups is 3. The average molecular weight is 351 g/mol. The summed E-state index contributed by atoms with van der Waals surface area (Å²) in [4.78, 5) is 38.0. The highest BCUT2D eigenvalue weighted by molar-refractivity contribution is 6.01. The molecule has 0 bridgehead atoms. The molecule has 0 spiro atoms. The van der Waals surface area contributed by atoms with Gasteiger partial charge < -0.3 is 14.6 Å². The topological polar surface area (TPSA) is 93.1 Å². The summed E-state index contributed by atoms with van der Waals surface area (Å²) in [6.45, 7) is 5.63. The second-order valence-corrected chi connectivity index (χ2v) is 6.63. The first-order chi connectivity index (χ1) is 11.9.